The molecule has 0 saturated heterocycles. The summed E-state index contributed by atoms with van der Waals surface area (Å²) in [5, 5.41) is 12.4. The number of fused-ring (bicyclic) bond motifs is 1. The number of carboxylic acid groups (broad SMARTS) is 1. The Labute approximate surface area is 121 Å². The number of anilines is 1. The number of aromatic nitrogens is 1. The molecule has 1 unspecified atom stereocenters. The van der Waals surface area contributed by atoms with Gasteiger partial charge in [-0.15, -0.1) is 11.3 Å². The Kier molecular flexibility index (Phi) is 3.44. The summed E-state index contributed by atoms with van der Waals surface area (Å²) in [6.07, 6.45) is 0.610. The van der Waals surface area contributed by atoms with Gasteiger partial charge in [0.2, 0.25) is 0 Å². The van der Waals surface area contributed by atoms with Gasteiger partial charge in [0.25, 0.3) is 0 Å². The van der Waals surface area contributed by atoms with Gasteiger partial charge in [0.15, 0.2) is 0 Å². The number of aliphatic carboxylic acids is 1. The van der Waals surface area contributed by atoms with Crippen LogP contribution in [0.25, 0.3) is 0 Å². The number of para-hydroxylation sites is 1. The van der Waals surface area contributed by atoms with Crippen molar-refractivity contribution in [3.63, 3.8) is 0 Å². The molecule has 0 radical (unpaired) electrons. The fraction of sp³-hybridized carbons (Fsp3) is 0.333. The van der Waals surface area contributed by atoms with Crippen LogP contribution < -0.4 is 4.90 Å². The minimum atomic E-state index is -0.722. The van der Waals surface area contributed by atoms with Gasteiger partial charge in [0, 0.05) is 23.3 Å². The Balaban J connectivity index is 1.90. The Bertz CT molecular complexity index is 638. The molecule has 0 saturated carbocycles. The van der Waals surface area contributed by atoms with Gasteiger partial charge in [0.1, 0.15) is 5.01 Å². The first-order valence-electron chi connectivity index (χ1n) is 6.60. The number of benzene rings is 1. The van der Waals surface area contributed by atoms with E-state index in [0.29, 0.717) is 19.5 Å². The van der Waals surface area contributed by atoms with Crippen LogP contribution in [0.15, 0.2) is 29.6 Å². The van der Waals surface area contributed by atoms with E-state index < -0.39 is 5.97 Å². The predicted octanol–water partition coefficient (Wildman–Crippen LogP) is 2.72. The molecular weight excluding hydrogens is 272 g/mol. The van der Waals surface area contributed by atoms with E-state index in [9.17, 15) is 9.90 Å². The van der Waals surface area contributed by atoms with Gasteiger partial charge in [-0.2, -0.15) is 0 Å². The topological polar surface area (TPSA) is 53.4 Å². The summed E-state index contributed by atoms with van der Waals surface area (Å²) in [5.74, 6) is -1.06. The molecule has 4 nitrogen and oxygen atoms in total. The third kappa shape index (κ3) is 2.54. The molecule has 0 spiro atoms. The van der Waals surface area contributed by atoms with Gasteiger partial charge < -0.3 is 10.0 Å². The van der Waals surface area contributed by atoms with E-state index >= 15 is 0 Å². The first-order valence-corrected chi connectivity index (χ1v) is 7.48. The molecule has 0 amide bonds. The summed E-state index contributed by atoms with van der Waals surface area (Å²) in [5.41, 5.74) is 3.27. The van der Waals surface area contributed by atoms with Crippen molar-refractivity contribution in [3.8, 4) is 0 Å². The summed E-state index contributed by atoms with van der Waals surface area (Å²) in [6.45, 7) is 3.20. The number of carboxylic acids is 1. The minimum absolute atomic E-state index is 0.342. The van der Waals surface area contributed by atoms with Crippen molar-refractivity contribution >= 4 is 23.0 Å². The van der Waals surface area contributed by atoms with Gasteiger partial charge >= 0.3 is 5.97 Å². The zero-order chi connectivity index (χ0) is 14.1. The molecule has 1 aromatic heterocycles. The summed E-state index contributed by atoms with van der Waals surface area (Å²) in [6, 6.07) is 8.05. The van der Waals surface area contributed by atoms with E-state index in [0.717, 1.165) is 22.0 Å². The second-order valence-electron chi connectivity index (χ2n) is 5.13. The highest BCUT2D eigenvalue weighted by Crippen LogP contribution is 2.31. The molecule has 1 aliphatic heterocycles. The molecule has 0 aliphatic carbocycles. The van der Waals surface area contributed by atoms with Crippen molar-refractivity contribution < 1.29 is 9.90 Å². The highest BCUT2D eigenvalue weighted by Gasteiger charge is 2.29. The van der Waals surface area contributed by atoms with Crippen LogP contribution in [0.3, 0.4) is 0 Å². The summed E-state index contributed by atoms with van der Waals surface area (Å²) in [7, 11) is 0. The number of hydrogen-bond donors (Lipinski definition) is 1. The SMILES string of the molecule is Cc1csc(CN2CC(C(=O)O)Cc3ccccc32)n1. The zero-order valence-electron chi connectivity index (χ0n) is 11.2. The first kappa shape index (κ1) is 13.1. The molecule has 1 aliphatic rings. The van der Waals surface area contributed by atoms with Gasteiger partial charge in [0.05, 0.1) is 12.5 Å². The lowest BCUT2D eigenvalue weighted by Crippen LogP contribution is -2.38. The maximum atomic E-state index is 11.3. The van der Waals surface area contributed by atoms with Crippen molar-refractivity contribution in [1.29, 1.82) is 0 Å². The van der Waals surface area contributed by atoms with Crippen molar-refractivity contribution in [2.24, 2.45) is 5.92 Å². The number of aryl methyl sites for hydroxylation is 1. The van der Waals surface area contributed by atoms with Gasteiger partial charge in [-0.25, -0.2) is 4.98 Å². The molecule has 0 bridgehead atoms. The molecule has 1 atom stereocenters. The predicted molar refractivity (Wildman–Crippen MR) is 79.2 cm³/mol. The van der Waals surface area contributed by atoms with Crippen molar-refractivity contribution in [1.82, 2.24) is 4.98 Å². The van der Waals surface area contributed by atoms with E-state index in [1.165, 1.54) is 0 Å². The molecule has 1 N–H and O–H groups in total. The van der Waals surface area contributed by atoms with E-state index in [1.54, 1.807) is 11.3 Å². The van der Waals surface area contributed by atoms with E-state index in [1.807, 2.05) is 30.5 Å². The second kappa shape index (κ2) is 5.25. The fourth-order valence-corrected chi connectivity index (χ4v) is 3.43. The van der Waals surface area contributed by atoms with Gasteiger partial charge in [-0.3, -0.25) is 4.79 Å². The smallest absolute Gasteiger partial charge is 0.308 e. The van der Waals surface area contributed by atoms with Crippen LogP contribution in [-0.2, 0) is 17.8 Å². The highest BCUT2D eigenvalue weighted by molar-refractivity contribution is 7.09. The zero-order valence-corrected chi connectivity index (χ0v) is 12.1. The quantitative estimate of drug-likeness (QED) is 0.943. The second-order valence-corrected chi connectivity index (χ2v) is 6.07. The molecule has 1 aromatic carbocycles. The number of nitrogens with zero attached hydrogens (tertiary/aromatic N) is 2. The molecular formula is C15H16N2O2S. The lowest BCUT2D eigenvalue weighted by Gasteiger charge is -2.34. The van der Waals surface area contributed by atoms with Crippen LogP contribution in [0.4, 0.5) is 5.69 Å². The number of carbonyl (C=O) groups is 1. The molecule has 104 valence electrons. The lowest BCUT2D eigenvalue weighted by atomic mass is 9.92. The van der Waals surface area contributed by atoms with Crippen LogP contribution in [0.5, 0.6) is 0 Å². The third-order valence-electron chi connectivity index (χ3n) is 3.58. The summed E-state index contributed by atoms with van der Waals surface area (Å²) in [4.78, 5) is 17.9. The molecule has 20 heavy (non-hydrogen) atoms. The van der Waals surface area contributed by atoms with Crippen LogP contribution in [0.2, 0.25) is 0 Å². The molecule has 2 aromatic rings. The first-order chi connectivity index (χ1) is 9.63. The number of rotatable bonds is 3. The highest BCUT2D eigenvalue weighted by atomic mass is 32.1. The van der Waals surface area contributed by atoms with Crippen LogP contribution in [-0.4, -0.2) is 22.6 Å². The Morgan fingerprint density at radius 1 is 1.50 bits per heavy atom. The molecule has 5 heteroatoms. The monoisotopic (exact) mass is 288 g/mol. The van der Waals surface area contributed by atoms with E-state index in [-0.39, 0.29) is 5.92 Å². The molecule has 2 heterocycles. The maximum Gasteiger partial charge on any atom is 0.308 e. The molecule has 3 rings (SSSR count). The van der Waals surface area contributed by atoms with Crippen LogP contribution >= 0.6 is 11.3 Å². The average Bonchev–Trinajstić information content (AvgIpc) is 2.84. The van der Waals surface area contributed by atoms with Gasteiger partial charge in [-0.1, -0.05) is 18.2 Å². The normalized spacial score (nSPS) is 17.9. The standard InChI is InChI=1S/C15H16N2O2S/c1-10-9-20-14(16-10)8-17-7-12(15(18)19)6-11-4-2-3-5-13(11)17/h2-5,9,12H,6-8H2,1H3,(H,18,19). The third-order valence-corrected chi connectivity index (χ3v) is 4.53. The van der Waals surface area contributed by atoms with Crippen molar-refractivity contribution in [2.75, 3.05) is 11.4 Å². The number of hydrogen-bond acceptors (Lipinski definition) is 4. The van der Waals surface area contributed by atoms with Crippen molar-refractivity contribution in [2.45, 2.75) is 19.9 Å². The lowest BCUT2D eigenvalue weighted by molar-refractivity contribution is -0.141. The Morgan fingerprint density at radius 2 is 2.30 bits per heavy atom. The number of thiazole rings is 1. The summed E-state index contributed by atoms with van der Waals surface area (Å²) < 4.78 is 0. The van der Waals surface area contributed by atoms with Gasteiger partial charge in [-0.05, 0) is 25.0 Å². The fourth-order valence-electron chi connectivity index (χ4n) is 2.64. The average molecular weight is 288 g/mol. The molecule has 0 fully saturated rings. The largest absolute Gasteiger partial charge is 0.481 e. The van der Waals surface area contributed by atoms with Crippen molar-refractivity contribution in [3.05, 3.63) is 45.9 Å². The van der Waals surface area contributed by atoms with E-state index in [2.05, 4.69) is 16.0 Å². The minimum Gasteiger partial charge on any atom is -0.481 e. The van der Waals surface area contributed by atoms with Crippen LogP contribution in [0.1, 0.15) is 16.3 Å². The maximum absolute atomic E-state index is 11.3. The van der Waals surface area contributed by atoms with Crippen LogP contribution in [0, 0.1) is 12.8 Å². The van der Waals surface area contributed by atoms with E-state index in [4.69, 9.17) is 0 Å². The Hall–Kier alpha value is -1.88. The summed E-state index contributed by atoms with van der Waals surface area (Å²) >= 11 is 1.63. The Morgan fingerprint density at radius 3 is 3.00 bits per heavy atom.